The maximum absolute atomic E-state index is 10.4. The van der Waals surface area contributed by atoms with E-state index < -0.39 is 0 Å². The Labute approximate surface area is 65.0 Å². The van der Waals surface area contributed by atoms with Crippen molar-refractivity contribution in [1.29, 1.82) is 0 Å². The SMILES string of the molecule is CC1=C([N+](=O)[O-])CN(C)C=C1. The van der Waals surface area contributed by atoms with Gasteiger partial charge < -0.3 is 4.90 Å². The Morgan fingerprint density at radius 3 is 2.82 bits per heavy atom. The fraction of sp³-hybridized carbons (Fsp3) is 0.429. The van der Waals surface area contributed by atoms with Gasteiger partial charge in [-0.05, 0) is 19.2 Å². The lowest BCUT2D eigenvalue weighted by atomic mass is 10.2. The highest BCUT2D eigenvalue weighted by atomic mass is 16.6. The van der Waals surface area contributed by atoms with Crippen LogP contribution in [0.25, 0.3) is 0 Å². The van der Waals surface area contributed by atoms with Gasteiger partial charge >= 0.3 is 0 Å². The zero-order chi connectivity index (χ0) is 8.43. The molecule has 60 valence electrons. The van der Waals surface area contributed by atoms with Crippen LogP contribution in [0.15, 0.2) is 23.5 Å². The van der Waals surface area contributed by atoms with Crippen molar-refractivity contribution in [1.82, 2.24) is 4.90 Å². The lowest BCUT2D eigenvalue weighted by Crippen LogP contribution is -2.22. The molecule has 0 bridgehead atoms. The third kappa shape index (κ3) is 1.58. The smallest absolute Gasteiger partial charge is 0.268 e. The molecule has 0 amide bonds. The van der Waals surface area contributed by atoms with Crippen LogP contribution in [-0.4, -0.2) is 23.4 Å². The topological polar surface area (TPSA) is 46.4 Å². The summed E-state index contributed by atoms with van der Waals surface area (Å²) in [5, 5.41) is 10.4. The molecule has 4 nitrogen and oxygen atoms in total. The Morgan fingerprint density at radius 2 is 2.36 bits per heavy atom. The van der Waals surface area contributed by atoms with Crippen LogP contribution in [0.1, 0.15) is 6.92 Å². The van der Waals surface area contributed by atoms with E-state index in [4.69, 9.17) is 0 Å². The normalized spacial score (nSPS) is 17.5. The van der Waals surface area contributed by atoms with Gasteiger partial charge in [0.05, 0.1) is 4.92 Å². The van der Waals surface area contributed by atoms with Crippen LogP contribution in [0.4, 0.5) is 0 Å². The van der Waals surface area contributed by atoms with Gasteiger partial charge in [0.1, 0.15) is 6.54 Å². The molecule has 0 spiro atoms. The predicted octanol–water partition coefficient (Wildman–Crippen LogP) is 0.996. The summed E-state index contributed by atoms with van der Waals surface area (Å²) in [4.78, 5) is 11.9. The third-order valence-electron chi connectivity index (χ3n) is 1.65. The molecule has 0 radical (unpaired) electrons. The van der Waals surface area contributed by atoms with Crippen LogP contribution in [0, 0.1) is 10.1 Å². The van der Waals surface area contributed by atoms with Gasteiger partial charge in [-0.15, -0.1) is 0 Å². The first-order valence-electron chi connectivity index (χ1n) is 3.34. The molecule has 0 aromatic carbocycles. The molecule has 0 aromatic heterocycles. The molecule has 1 aliphatic rings. The van der Waals surface area contributed by atoms with E-state index in [-0.39, 0.29) is 10.6 Å². The average Bonchev–Trinajstić information content (AvgIpc) is 1.94. The van der Waals surface area contributed by atoms with Crippen LogP contribution in [0.3, 0.4) is 0 Å². The van der Waals surface area contributed by atoms with Gasteiger partial charge in [-0.25, -0.2) is 0 Å². The van der Waals surface area contributed by atoms with Crippen molar-refractivity contribution in [2.24, 2.45) is 0 Å². The maximum Gasteiger partial charge on any atom is 0.268 e. The van der Waals surface area contributed by atoms with Gasteiger partial charge in [-0.1, -0.05) is 0 Å². The Bertz CT molecular complexity index is 243. The molecule has 0 aliphatic carbocycles. The number of nitrogens with zero attached hydrogens (tertiary/aromatic N) is 2. The van der Waals surface area contributed by atoms with E-state index in [1.165, 1.54) is 0 Å². The molecule has 11 heavy (non-hydrogen) atoms. The molecule has 0 fully saturated rings. The zero-order valence-electron chi connectivity index (χ0n) is 6.57. The standard InChI is InChI=1S/C7H10N2O2/c1-6-3-4-8(2)5-7(6)9(10)11/h3-4H,5H2,1-2H3. The minimum absolute atomic E-state index is 0.287. The highest BCUT2D eigenvalue weighted by Crippen LogP contribution is 2.12. The number of hydrogen-bond donors (Lipinski definition) is 0. The third-order valence-corrected chi connectivity index (χ3v) is 1.65. The molecular weight excluding hydrogens is 144 g/mol. The highest BCUT2D eigenvalue weighted by molar-refractivity contribution is 5.23. The molecule has 0 unspecified atom stereocenters. The summed E-state index contributed by atoms with van der Waals surface area (Å²) in [5.41, 5.74) is 1.03. The molecule has 4 heteroatoms. The first-order chi connectivity index (χ1) is 5.11. The molecule has 0 saturated heterocycles. The number of allylic oxidation sites excluding steroid dienone is 2. The van der Waals surface area contributed by atoms with Crippen molar-refractivity contribution >= 4 is 0 Å². The van der Waals surface area contributed by atoms with Gasteiger partial charge in [0, 0.05) is 12.6 Å². The van der Waals surface area contributed by atoms with Gasteiger partial charge in [0.25, 0.3) is 5.70 Å². The highest BCUT2D eigenvalue weighted by Gasteiger charge is 2.17. The summed E-state index contributed by atoms with van der Waals surface area (Å²) in [6.07, 6.45) is 3.59. The van der Waals surface area contributed by atoms with E-state index in [9.17, 15) is 10.1 Å². The molecule has 0 aromatic rings. The number of hydrogen-bond acceptors (Lipinski definition) is 3. The van der Waals surface area contributed by atoms with Crippen LogP contribution in [0.2, 0.25) is 0 Å². The Morgan fingerprint density at radius 1 is 1.73 bits per heavy atom. The molecule has 1 rings (SSSR count). The quantitative estimate of drug-likeness (QED) is 0.418. The monoisotopic (exact) mass is 154 g/mol. The van der Waals surface area contributed by atoms with Gasteiger partial charge in [0.15, 0.2) is 0 Å². The van der Waals surface area contributed by atoms with E-state index in [1.54, 1.807) is 17.9 Å². The summed E-state index contributed by atoms with van der Waals surface area (Å²) < 4.78 is 0. The van der Waals surface area contributed by atoms with E-state index in [0.717, 1.165) is 5.57 Å². The van der Waals surface area contributed by atoms with E-state index in [1.807, 2.05) is 13.2 Å². The predicted molar refractivity (Wildman–Crippen MR) is 41.5 cm³/mol. The maximum atomic E-state index is 10.4. The average molecular weight is 154 g/mol. The van der Waals surface area contributed by atoms with Gasteiger partial charge in [-0.2, -0.15) is 0 Å². The van der Waals surface area contributed by atoms with Crippen molar-refractivity contribution in [2.45, 2.75) is 6.92 Å². The van der Waals surface area contributed by atoms with Crippen molar-refractivity contribution in [3.63, 3.8) is 0 Å². The van der Waals surface area contributed by atoms with Crippen molar-refractivity contribution in [2.75, 3.05) is 13.6 Å². The molecule has 1 heterocycles. The first kappa shape index (κ1) is 7.78. The number of nitro groups is 1. The largest absolute Gasteiger partial charge is 0.370 e. The van der Waals surface area contributed by atoms with Crippen LogP contribution in [-0.2, 0) is 0 Å². The fourth-order valence-electron chi connectivity index (χ4n) is 0.951. The van der Waals surface area contributed by atoms with Crippen LogP contribution >= 0.6 is 0 Å². The lowest BCUT2D eigenvalue weighted by molar-refractivity contribution is -0.428. The zero-order valence-corrected chi connectivity index (χ0v) is 6.57. The Kier molecular flexibility index (Phi) is 1.94. The Balaban J connectivity index is 2.90. The van der Waals surface area contributed by atoms with Crippen molar-refractivity contribution in [3.05, 3.63) is 33.7 Å². The second-order valence-electron chi connectivity index (χ2n) is 2.62. The van der Waals surface area contributed by atoms with Gasteiger partial charge in [-0.3, -0.25) is 10.1 Å². The summed E-state index contributed by atoms with van der Waals surface area (Å²) in [6.45, 7) is 2.15. The molecule has 1 aliphatic heterocycles. The van der Waals surface area contributed by atoms with Crippen molar-refractivity contribution < 1.29 is 4.92 Å². The van der Waals surface area contributed by atoms with E-state index >= 15 is 0 Å². The molecule has 0 saturated carbocycles. The minimum atomic E-state index is -0.324. The second-order valence-corrected chi connectivity index (χ2v) is 2.62. The summed E-state index contributed by atoms with van der Waals surface area (Å²) >= 11 is 0. The van der Waals surface area contributed by atoms with E-state index in [2.05, 4.69) is 0 Å². The number of likely N-dealkylation sites (N-methyl/N-ethyl adjacent to an activating group) is 1. The van der Waals surface area contributed by atoms with Crippen LogP contribution < -0.4 is 0 Å². The Hall–Kier alpha value is -1.32. The fourth-order valence-corrected chi connectivity index (χ4v) is 0.951. The van der Waals surface area contributed by atoms with Crippen LogP contribution in [0.5, 0.6) is 0 Å². The van der Waals surface area contributed by atoms with Crippen molar-refractivity contribution in [3.8, 4) is 0 Å². The van der Waals surface area contributed by atoms with Gasteiger partial charge in [0.2, 0.25) is 0 Å². The summed E-state index contributed by atoms with van der Waals surface area (Å²) in [7, 11) is 1.81. The molecule has 0 atom stereocenters. The minimum Gasteiger partial charge on any atom is -0.370 e. The molecule has 0 N–H and O–H groups in total. The molecular formula is C7H10N2O2. The lowest BCUT2D eigenvalue weighted by Gasteiger charge is -2.16. The first-order valence-corrected chi connectivity index (χ1v) is 3.34. The summed E-state index contributed by atoms with van der Waals surface area (Å²) in [6, 6.07) is 0. The number of rotatable bonds is 1. The van der Waals surface area contributed by atoms with E-state index in [0.29, 0.717) is 6.54 Å². The summed E-state index contributed by atoms with van der Waals surface area (Å²) in [5.74, 6) is 0. The second kappa shape index (κ2) is 2.74.